The SMILES string of the molecule is [C-]#[N+]c1ccc(OC2C(C)(C)C(NC(=O)c3ccc(C)cc3F)C2(C)C)cc1Cl. The van der Waals surface area contributed by atoms with Gasteiger partial charge in [-0.1, -0.05) is 51.4 Å². The Kier molecular flexibility index (Phi) is 5.36. The van der Waals surface area contributed by atoms with Gasteiger partial charge in [-0.15, -0.1) is 0 Å². The van der Waals surface area contributed by atoms with Gasteiger partial charge in [0.05, 0.1) is 17.2 Å². The fraction of sp³-hybridized carbons (Fsp3) is 0.391. The molecule has 4 nitrogen and oxygen atoms in total. The molecule has 1 fully saturated rings. The second kappa shape index (κ2) is 7.35. The highest BCUT2D eigenvalue weighted by molar-refractivity contribution is 6.33. The molecule has 0 saturated heterocycles. The molecule has 1 saturated carbocycles. The third kappa shape index (κ3) is 3.70. The molecule has 0 bridgehead atoms. The number of nitrogens with one attached hydrogen (secondary N) is 1. The zero-order valence-electron chi connectivity index (χ0n) is 17.1. The van der Waals surface area contributed by atoms with Crippen LogP contribution in [-0.4, -0.2) is 18.1 Å². The Morgan fingerprint density at radius 3 is 2.38 bits per heavy atom. The van der Waals surface area contributed by atoms with Crippen molar-refractivity contribution in [3.05, 3.63) is 69.8 Å². The first-order valence-corrected chi connectivity index (χ1v) is 9.77. The lowest BCUT2D eigenvalue weighted by atomic mass is 9.49. The summed E-state index contributed by atoms with van der Waals surface area (Å²) < 4.78 is 20.4. The molecule has 2 aromatic rings. The van der Waals surface area contributed by atoms with Gasteiger partial charge in [-0.05, 0) is 36.8 Å². The van der Waals surface area contributed by atoms with Crippen LogP contribution in [0.25, 0.3) is 4.85 Å². The first-order chi connectivity index (χ1) is 13.5. The first kappa shape index (κ1) is 21.1. The molecule has 1 aliphatic carbocycles. The van der Waals surface area contributed by atoms with E-state index in [1.54, 1.807) is 31.2 Å². The topological polar surface area (TPSA) is 42.7 Å². The number of hydrogen-bond acceptors (Lipinski definition) is 2. The fourth-order valence-electron chi connectivity index (χ4n) is 4.60. The van der Waals surface area contributed by atoms with Gasteiger partial charge in [0.2, 0.25) is 5.69 Å². The monoisotopic (exact) mass is 414 g/mol. The van der Waals surface area contributed by atoms with E-state index in [0.29, 0.717) is 16.5 Å². The maximum atomic E-state index is 14.2. The minimum atomic E-state index is -0.528. The molecule has 0 heterocycles. The van der Waals surface area contributed by atoms with E-state index in [1.807, 2.05) is 27.7 Å². The molecule has 1 aliphatic rings. The van der Waals surface area contributed by atoms with Crippen molar-refractivity contribution in [2.45, 2.75) is 46.8 Å². The van der Waals surface area contributed by atoms with Crippen molar-refractivity contribution < 1.29 is 13.9 Å². The largest absolute Gasteiger partial charge is 0.489 e. The molecule has 0 unspecified atom stereocenters. The van der Waals surface area contributed by atoms with Crippen molar-refractivity contribution in [1.29, 1.82) is 0 Å². The van der Waals surface area contributed by atoms with Crippen LogP contribution in [0, 0.1) is 30.1 Å². The highest BCUT2D eigenvalue weighted by atomic mass is 35.5. The molecular weight excluding hydrogens is 391 g/mol. The van der Waals surface area contributed by atoms with Gasteiger partial charge in [0.15, 0.2) is 0 Å². The van der Waals surface area contributed by atoms with E-state index in [1.165, 1.54) is 12.1 Å². The fourth-order valence-corrected chi connectivity index (χ4v) is 4.81. The van der Waals surface area contributed by atoms with Crippen LogP contribution in [0.1, 0.15) is 43.6 Å². The third-order valence-electron chi connectivity index (χ3n) is 5.78. The molecule has 3 rings (SSSR count). The lowest BCUT2D eigenvalue weighted by molar-refractivity contribution is -0.164. The number of amides is 1. The lowest BCUT2D eigenvalue weighted by Gasteiger charge is -2.63. The van der Waals surface area contributed by atoms with E-state index >= 15 is 0 Å². The Labute approximate surface area is 175 Å². The van der Waals surface area contributed by atoms with E-state index in [4.69, 9.17) is 22.9 Å². The Bertz CT molecular complexity index is 994. The Morgan fingerprint density at radius 2 is 1.83 bits per heavy atom. The maximum Gasteiger partial charge on any atom is 0.254 e. The minimum Gasteiger partial charge on any atom is -0.489 e. The second-order valence-corrected chi connectivity index (χ2v) is 9.16. The summed E-state index contributed by atoms with van der Waals surface area (Å²) in [7, 11) is 0. The van der Waals surface area contributed by atoms with Crippen molar-refractivity contribution in [3.8, 4) is 5.75 Å². The predicted octanol–water partition coefficient (Wildman–Crippen LogP) is 5.95. The number of hydrogen-bond donors (Lipinski definition) is 1. The number of rotatable bonds is 4. The molecular formula is C23H24ClFN2O2. The average Bonchev–Trinajstić information content (AvgIpc) is 2.63. The van der Waals surface area contributed by atoms with Gasteiger partial charge < -0.3 is 10.1 Å². The summed E-state index contributed by atoms with van der Waals surface area (Å²) >= 11 is 6.12. The summed E-state index contributed by atoms with van der Waals surface area (Å²) in [5, 5.41) is 3.33. The van der Waals surface area contributed by atoms with Crippen molar-refractivity contribution in [3.63, 3.8) is 0 Å². The molecule has 152 valence electrons. The molecule has 2 aromatic carbocycles. The Morgan fingerprint density at radius 1 is 1.17 bits per heavy atom. The van der Waals surface area contributed by atoms with Crippen LogP contribution >= 0.6 is 11.6 Å². The van der Waals surface area contributed by atoms with Crippen molar-refractivity contribution in [2.75, 3.05) is 0 Å². The highest BCUT2D eigenvalue weighted by Crippen LogP contribution is 2.55. The van der Waals surface area contributed by atoms with Crippen LogP contribution in [0.4, 0.5) is 10.1 Å². The summed E-state index contributed by atoms with van der Waals surface area (Å²) in [4.78, 5) is 16.1. The molecule has 1 amide bonds. The molecule has 6 heteroatoms. The summed E-state index contributed by atoms with van der Waals surface area (Å²) in [6.45, 7) is 16.9. The van der Waals surface area contributed by atoms with Gasteiger partial charge in [-0.3, -0.25) is 4.79 Å². The van der Waals surface area contributed by atoms with Gasteiger partial charge in [0.1, 0.15) is 17.7 Å². The number of nitrogens with zero attached hydrogens (tertiary/aromatic N) is 1. The van der Waals surface area contributed by atoms with Crippen LogP contribution in [0.3, 0.4) is 0 Å². The molecule has 0 aliphatic heterocycles. The Hall–Kier alpha value is -2.58. The van der Waals surface area contributed by atoms with Gasteiger partial charge in [-0.2, -0.15) is 0 Å². The number of halogens is 2. The molecule has 0 spiro atoms. The molecule has 29 heavy (non-hydrogen) atoms. The molecule has 0 aromatic heterocycles. The van der Waals surface area contributed by atoms with Gasteiger partial charge >= 0.3 is 0 Å². The van der Waals surface area contributed by atoms with E-state index in [-0.39, 0.29) is 17.7 Å². The summed E-state index contributed by atoms with van der Waals surface area (Å²) in [5.74, 6) is -0.390. The van der Waals surface area contributed by atoms with E-state index < -0.39 is 22.6 Å². The molecule has 0 radical (unpaired) electrons. The summed E-state index contributed by atoms with van der Waals surface area (Å²) in [5.41, 5.74) is 0.375. The second-order valence-electron chi connectivity index (χ2n) is 8.76. The highest BCUT2D eigenvalue weighted by Gasteiger charge is 2.64. The number of carbonyl (C=O) groups is 1. The summed E-state index contributed by atoms with van der Waals surface area (Å²) in [6.07, 6.45) is -0.210. The maximum absolute atomic E-state index is 14.2. The average molecular weight is 415 g/mol. The molecule has 1 N–H and O–H groups in total. The number of ether oxygens (including phenoxy) is 1. The van der Waals surface area contributed by atoms with Crippen molar-refractivity contribution in [1.82, 2.24) is 5.32 Å². The predicted molar refractivity (Wildman–Crippen MR) is 112 cm³/mol. The number of benzene rings is 2. The standard InChI is InChI=1S/C23H24ClFN2O2/c1-13-7-9-15(17(25)11-13)19(28)27-20-22(2,3)21(23(20,4)5)29-14-8-10-18(26-6)16(24)12-14/h7-12,20-21H,1-5H3,(H,27,28). The van der Waals surface area contributed by atoms with Crippen molar-refractivity contribution >= 4 is 23.2 Å². The van der Waals surface area contributed by atoms with Gasteiger partial charge in [-0.25, -0.2) is 9.24 Å². The van der Waals surface area contributed by atoms with Crippen LogP contribution < -0.4 is 10.1 Å². The van der Waals surface area contributed by atoms with Gasteiger partial charge in [0.25, 0.3) is 5.91 Å². The van der Waals surface area contributed by atoms with Crippen molar-refractivity contribution in [2.24, 2.45) is 10.8 Å². The van der Waals surface area contributed by atoms with Crippen LogP contribution in [0.5, 0.6) is 5.75 Å². The zero-order chi connectivity index (χ0) is 21.6. The van der Waals surface area contributed by atoms with E-state index in [9.17, 15) is 9.18 Å². The molecule has 0 atom stereocenters. The summed E-state index contributed by atoms with van der Waals surface area (Å²) in [6, 6.07) is 9.35. The quantitative estimate of drug-likeness (QED) is 0.628. The van der Waals surface area contributed by atoms with E-state index in [0.717, 1.165) is 5.56 Å². The zero-order valence-corrected chi connectivity index (χ0v) is 17.9. The van der Waals surface area contributed by atoms with Gasteiger partial charge in [0, 0.05) is 16.9 Å². The smallest absolute Gasteiger partial charge is 0.254 e. The minimum absolute atomic E-state index is 0.0353. The normalized spacial score (nSPS) is 21.6. The lowest BCUT2D eigenvalue weighted by Crippen LogP contribution is -2.74. The number of carbonyl (C=O) groups excluding carboxylic acids is 1. The van der Waals surface area contributed by atoms with E-state index in [2.05, 4.69) is 10.2 Å². The number of aryl methyl sites for hydroxylation is 1. The van der Waals surface area contributed by atoms with Crippen LogP contribution in [-0.2, 0) is 0 Å². The third-order valence-corrected chi connectivity index (χ3v) is 6.08. The van der Waals surface area contributed by atoms with Crippen LogP contribution in [0.2, 0.25) is 5.02 Å². The van der Waals surface area contributed by atoms with Crippen LogP contribution in [0.15, 0.2) is 36.4 Å². The Balaban J connectivity index is 1.78. The first-order valence-electron chi connectivity index (χ1n) is 9.39.